The van der Waals surface area contributed by atoms with Crippen LogP contribution in [0.1, 0.15) is 45.3 Å². The Balaban J connectivity index is 1.66. The van der Waals surface area contributed by atoms with E-state index >= 15 is 0 Å². The first kappa shape index (κ1) is 27.7. The molecule has 10 heteroatoms. The number of carbonyl (C=O) groups is 1. The van der Waals surface area contributed by atoms with Crippen LogP contribution in [-0.2, 0) is 22.4 Å². The predicted molar refractivity (Wildman–Crippen MR) is 156 cm³/mol. The molecular weight excluding hydrogens is 548 g/mol. The highest BCUT2D eigenvalue weighted by Crippen LogP contribution is 2.50. The molecule has 0 radical (unpaired) electrons. The highest BCUT2D eigenvalue weighted by Gasteiger charge is 2.33. The van der Waals surface area contributed by atoms with E-state index < -0.39 is 0 Å². The van der Waals surface area contributed by atoms with Crippen molar-refractivity contribution < 1.29 is 19.0 Å². The molecule has 0 fully saturated rings. The van der Waals surface area contributed by atoms with Crippen LogP contribution in [0.15, 0.2) is 36.4 Å². The van der Waals surface area contributed by atoms with E-state index in [-0.39, 0.29) is 16.5 Å². The van der Waals surface area contributed by atoms with Crippen molar-refractivity contribution in [2.75, 3.05) is 26.1 Å². The number of carbonyl (C=O) groups excluding carboxylic acids is 1. The van der Waals surface area contributed by atoms with Crippen molar-refractivity contribution in [1.82, 2.24) is 4.98 Å². The first-order chi connectivity index (χ1) is 17.8. The largest absolute Gasteiger partial charge is 0.493 e. The molecule has 2 atom stereocenters. The average molecular weight is 577 g/mol. The number of hydrogen-bond acceptors (Lipinski definition) is 8. The fourth-order valence-corrected chi connectivity index (χ4v) is 7.49. The first-order valence-electron chi connectivity index (χ1n) is 11.9. The topological polar surface area (TPSA) is 69.7 Å². The van der Waals surface area contributed by atoms with Gasteiger partial charge in [-0.25, -0.2) is 4.98 Å². The Morgan fingerprint density at radius 1 is 1.19 bits per heavy atom. The minimum absolute atomic E-state index is 0.0504. The van der Waals surface area contributed by atoms with Gasteiger partial charge in [0.15, 0.2) is 11.5 Å². The molecule has 1 aliphatic rings. The summed E-state index contributed by atoms with van der Waals surface area (Å²) in [4.78, 5) is 18.5. The van der Waals surface area contributed by atoms with Crippen LogP contribution < -0.4 is 14.8 Å². The maximum Gasteiger partial charge on any atom is 0.306 e. The Morgan fingerprint density at radius 2 is 2.00 bits per heavy atom. The number of para-hydroxylation sites is 1. The molecule has 2 heterocycles. The smallest absolute Gasteiger partial charge is 0.306 e. The van der Waals surface area contributed by atoms with Gasteiger partial charge in [-0.3, -0.25) is 4.79 Å². The van der Waals surface area contributed by atoms with Gasteiger partial charge in [0.2, 0.25) is 0 Å². The maximum absolute atomic E-state index is 11.8. The van der Waals surface area contributed by atoms with Gasteiger partial charge in [-0.15, -0.1) is 23.1 Å². The van der Waals surface area contributed by atoms with Crippen molar-refractivity contribution in [2.24, 2.45) is 0 Å². The number of thiazole rings is 1. The fraction of sp³-hybridized carbons (Fsp3) is 0.370. The van der Waals surface area contributed by atoms with Gasteiger partial charge in [0, 0.05) is 27.6 Å². The number of hydrogen-bond donors (Lipinski definition) is 1. The Hall–Kier alpha value is -2.33. The number of benzene rings is 2. The van der Waals surface area contributed by atoms with Gasteiger partial charge in [-0.2, -0.15) is 0 Å². The number of nitrogens with zero attached hydrogens (tertiary/aromatic N) is 1. The zero-order valence-electron chi connectivity index (χ0n) is 21.1. The zero-order valence-corrected chi connectivity index (χ0v) is 24.3. The van der Waals surface area contributed by atoms with Crippen LogP contribution in [0.5, 0.6) is 11.5 Å². The van der Waals surface area contributed by atoms with Crippen LogP contribution in [-0.4, -0.2) is 42.0 Å². The molecule has 0 aliphatic carbocycles. The highest BCUT2D eigenvalue weighted by atomic mass is 35.5. The fourth-order valence-electron chi connectivity index (χ4n) is 4.29. The van der Waals surface area contributed by atoms with Crippen molar-refractivity contribution in [3.05, 3.63) is 68.1 Å². The van der Waals surface area contributed by atoms with E-state index in [4.69, 9.17) is 43.0 Å². The number of anilines is 1. The molecule has 4 rings (SSSR count). The van der Waals surface area contributed by atoms with E-state index in [2.05, 4.69) is 11.4 Å². The van der Waals surface area contributed by atoms with Crippen LogP contribution in [0.2, 0.25) is 5.02 Å². The van der Waals surface area contributed by atoms with Crippen molar-refractivity contribution >= 4 is 63.6 Å². The number of methoxy groups -OCH3 is 2. The van der Waals surface area contributed by atoms with E-state index in [0.29, 0.717) is 42.4 Å². The zero-order chi connectivity index (χ0) is 26.5. The summed E-state index contributed by atoms with van der Waals surface area (Å²) in [5.41, 5.74) is 3.88. The second kappa shape index (κ2) is 12.5. The van der Waals surface area contributed by atoms with Gasteiger partial charge in [0.05, 0.1) is 53.4 Å². The molecule has 0 saturated carbocycles. The SMILES string of the molecule is CCOC(=O)CCc1sc(CC2SC(c3cccc(OC)c3OC)c3cc(Cl)ccc3NC2=S)nc1C. The quantitative estimate of drug-likeness (QED) is 0.220. The first-order valence-corrected chi connectivity index (χ1v) is 14.5. The second-order valence-electron chi connectivity index (χ2n) is 8.43. The van der Waals surface area contributed by atoms with Gasteiger partial charge in [-0.05, 0) is 50.1 Å². The molecule has 1 N–H and O–H groups in total. The summed E-state index contributed by atoms with van der Waals surface area (Å²) in [6.45, 7) is 4.19. The summed E-state index contributed by atoms with van der Waals surface area (Å²) in [5.74, 6) is 1.17. The van der Waals surface area contributed by atoms with Gasteiger partial charge in [0.1, 0.15) is 0 Å². The molecule has 0 spiro atoms. The minimum atomic E-state index is -0.187. The minimum Gasteiger partial charge on any atom is -0.493 e. The molecule has 196 valence electrons. The lowest BCUT2D eigenvalue weighted by molar-refractivity contribution is -0.143. The number of rotatable bonds is 9. The highest BCUT2D eigenvalue weighted by molar-refractivity contribution is 8.02. The molecule has 2 unspecified atom stereocenters. The van der Waals surface area contributed by atoms with Crippen molar-refractivity contribution in [1.29, 1.82) is 0 Å². The number of aromatic nitrogens is 1. The van der Waals surface area contributed by atoms with Crippen LogP contribution in [0.3, 0.4) is 0 Å². The van der Waals surface area contributed by atoms with Crippen LogP contribution in [0, 0.1) is 6.92 Å². The van der Waals surface area contributed by atoms with Crippen LogP contribution >= 0.6 is 46.9 Å². The summed E-state index contributed by atoms with van der Waals surface area (Å²) in [6.07, 6.45) is 1.63. The second-order valence-corrected chi connectivity index (χ2v) is 11.8. The maximum atomic E-state index is 11.8. The standard InChI is InChI=1S/C27H29ClN2O4S3/c1-5-34-24(31)12-11-21-15(2)29-23(36-21)14-22-27(35)30-19-10-9-16(28)13-18(19)26(37-22)17-7-6-8-20(32-3)25(17)33-4/h6-10,13,22,26H,5,11-12,14H2,1-4H3,(H,30,35). The lowest BCUT2D eigenvalue weighted by Crippen LogP contribution is -2.24. The van der Waals surface area contributed by atoms with Crippen LogP contribution in [0.25, 0.3) is 0 Å². The number of aryl methyl sites for hydroxylation is 2. The predicted octanol–water partition coefficient (Wildman–Crippen LogP) is 6.80. The summed E-state index contributed by atoms with van der Waals surface area (Å²) in [5, 5.41) is 4.93. The van der Waals surface area contributed by atoms with Gasteiger partial charge < -0.3 is 19.5 Å². The summed E-state index contributed by atoms with van der Waals surface area (Å²) < 4.78 is 16.5. The normalized spacial score (nSPS) is 16.9. The molecule has 0 saturated heterocycles. The molecule has 2 aromatic carbocycles. The Bertz CT molecular complexity index is 1300. The summed E-state index contributed by atoms with van der Waals surface area (Å²) in [7, 11) is 3.29. The van der Waals surface area contributed by atoms with Crippen molar-refractivity contribution in [2.45, 2.75) is 43.6 Å². The summed E-state index contributed by atoms with van der Waals surface area (Å²) in [6, 6.07) is 11.7. The van der Waals surface area contributed by atoms with Crippen molar-refractivity contribution in [3.63, 3.8) is 0 Å². The Labute approximate surface area is 236 Å². The number of nitrogens with one attached hydrogen (secondary N) is 1. The van der Waals surface area contributed by atoms with Gasteiger partial charge in [-0.1, -0.05) is 36.0 Å². The van der Waals surface area contributed by atoms with E-state index in [1.807, 2.05) is 44.2 Å². The van der Waals surface area contributed by atoms with E-state index in [9.17, 15) is 4.79 Å². The molecule has 1 aliphatic heterocycles. The van der Waals surface area contributed by atoms with Crippen molar-refractivity contribution in [3.8, 4) is 11.5 Å². The van der Waals surface area contributed by atoms with Crippen LogP contribution in [0.4, 0.5) is 5.69 Å². The van der Waals surface area contributed by atoms with Gasteiger partial charge in [0.25, 0.3) is 0 Å². The third kappa shape index (κ3) is 6.39. The van der Waals surface area contributed by atoms with Gasteiger partial charge >= 0.3 is 5.97 Å². The number of fused-ring (bicyclic) bond motifs is 1. The Morgan fingerprint density at radius 3 is 2.73 bits per heavy atom. The summed E-state index contributed by atoms with van der Waals surface area (Å²) >= 11 is 15.7. The molecule has 6 nitrogen and oxygen atoms in total. The molecule has 37 heavy (non-hydrogen) atoms. The molecule has 1 aromatic heterocycles. The molecular formula is C27H29ClN2O4S3. The average Bonchev–Trinajstić information content (AvgIpc) is 3.17. The number of thiocarbonyl (C=S) groups is 1. The number of ether oxygens (including phenoxy) is 3. The third-order valence-electron chi connectivity index (χ3n) is 6.02. The molecule has 0 amide bonds. The Kier molecular flexibility index (Phi) is 9.34. The number of halogens is 1. The van der Waals surface area contributed by atoms with E-state index in [1.54, 1.807) is 37.3 Å². The number of thioether (sulfide) groups is 1. The molecule has 0 bridgehead atoms. The molecule has 3 aromatic rings. The lowest BCUT2D eigenvalue weighted by atomic mass is 10.0. The number of esters is 1. The monoisotopic (exact) mass is 576 g/mol. The lowest BCUT2D eigenvalue weighted by Gasteiger charge is -2.23. The van der Waals surface area contributed by atoms with E-state index in [1.165, 1.54) is 0 Å². The van der Waals surface area contributed by atoms with E-state index in [0.717, 1.165) is 37.4 Å². The third-order valence-corrected chi connectivity index (χ3v) is 9.54.